The van der Waals surface area contributed by atoms with E-state index in [2.05, 4.69) is 10.6 Å². The Morgan fingerprint density at radius 1 is 1.16 bits per heavy atom. The summed E-state index contributed by atoms with van der Waals surface area (Å²) in [6.07, 6.45) is 1.28. The highest BCUT2D eigenvalue weighted by Gasteiger charge is 2.10. The van der Waals surface area contributed by atoms with E-state index in [0.717, 1.165) is 0 Å². The number of phenolic OH excluding ortho intramolecular Hbond substituents is 1. The first kappa shape index (κ1) is 17.7. The zero-order valence-corrected chi connectivity index (χ0v) is 13.7. The van der Waals surface area contributed by atoms with Gasteiger partial charge < -0.3 is 25.2 Å². The van der Waals surface area contributed by atoms with E-state index in [1.165, 1.54) is 44.7 Å². The lowest BCUT2D eigenvalue weighted by Crippen LogP contribution is -2.14. The van der Waals surface area contributed by atoms with Gasteiger partial charge in [0.05, 0.1) is 19.9 Å². The summed E-state index contributed by atoms with van der Waals surface area (Å²) >= 11 is 0. The minimum atomic E-state index is -0.581. The Hall–Kier alpha value is -3.66. The van der Waals surface area contributed by atoms with E-state index in [9.17, 15) is 15.2 Å². The van der Waals surface area contributed by atoms with Crippen molar-refractivity contribution in [3.63, 3.8) is 0 Å². The molecule has 25 heavy (non-hydrogen) atoms. The summed E-state index contributed by atoms with van der Waals surface area (Å²) in [5.74, 6) is 0.639. The van der Waals surface area contributed by atoms with Gasteiger partial charge >= 0.3 is 0 Å². The summed E-state index contributed by atoms with van der Waals surface area (Å²) in [6.45, 7) is 0. The van der Waals surface area contributed by atoms with Crippen LogP contribution in [0.25, 0.3) is 0 Å². The lowest BCUT2D eigenvalue weighted by molar-refractivity contribution is -0.112. The molecule has 0 unspecified atom stereocenters. The fourth-order valence-corrected chi connectivity index (χ4v) is 1.97. The number of carbonyl (C=O) groups excluding carboxylic acids is 1. The van der Waals surface area contributed by atoms with Gasteiger partial charge in [-0.2, -0.15) is 5.26 Å². The second-order valence-corrected chi connectivity index (χ2v) is 4.88. The largest absolute Gasteiger partial charge is 0.508 e. The third-order valence-corrected chi connectivity index (χ3v) is 3.27. The molecule has 0 fully saturated rings. The SMILES string of the molecule is COc1ccc(OC)c(N/C=C(/C#N)C(=O)Nc2ccc(O)cc2)c1. The van der Waals surface area contributed by atoms with Crippen molar-refractivity contribution in [1.29, 1.82) is 5.26 Å². The molecule has 0 bridgehead atoms. The van der Waals surface area contributed by atoms with E-state index in [-0.39, 0.29) is 11.3 Å². The number of ether oxygens (including phenoxy) is 2. The molecule has 7 nitrogen and oxygen atoms in total. The summed E-state index contributed by atoms with van der Waals surface area (Å²) in [5.41, 5.74) is 0.882. The van der Waals surface area contributed by atoms with Gasteiger partial charge in [-0.15, -0.1) is 0 Å². The summed E-state index contributed by atoms with van der Waals surface area (Å²) in [6, 6.07) is 12.9. The second-order valence-electron chi connectivity index (χ2n) is 4.88. The number of hydrogen-bond donors (Lipinski definition) is 3. The number of benzene rings is 2. The van der Waals surface area contributed by atoms with E-state index in [1.807, 2.05) is 6.07 Å². The molecular formula is C18H17N3O4. The predicted molar refractivity (Wildman–Crippen MR) is 93.6 cm³/mol. The average Bonchev–Trinajstić information content (AvgIpc) is 2.64. The van der Waals surface area contributed by atoms with E-state index in [1.54, 1.807) is 18.2 Å². The van der Waals surface area contributed by atoms with Crippen LogP contribution in [0, 0.1) is 11.3 Å². The molecule has 0 radical (unpaired) electrons. The molecule has 128 valence electrons. The highest BCUT2D eigenvalue weighted by molar-refractivity contribution is 6.06. The van der Waals surface area contributed by atoms with Gasteiger partial charge in [0.1, 0.15) is 28.9 Å². The molecular weight excluding hydrogens is 322 g/mol. The van der Waals surface area contributed by atoms with Crippen molar-refractivity contribution in [2.75, 3.05) is 24.9 Å². The van der Waals surface area contributed by atoms with Gasteiger partial charge in [-0.25, -0.2) is 0 Å². The van der Waals surface area contributed by atoms with Crippen molar-refractivity contribution >= 4 is 17.3 Å². The van der Waals surface area contributed by atoms with Crippen LogP contribution in [0.15, 0.2) is 54.2 Å². The van der Waals surface area contributed by atoms with Gasteiger partial charge in [-0.3, -0.25) is 4.79 Å². The van der Waals surface area contributed by atoms with Gasteiger partial charge in [0.25, 0.3) is 5.91 Å². The van der Waals surface area contributed by atoms with Crippen LogP contribution in [0.2, 0.25) is 0 Å². The summed E-state index contributed by atoms with van der Waals surface area (Å²) in [4.78, 5) is 12.2. The average molecular weight is 339 g/mol. The third kappa shape index (κ3) is 4.65. The zero-order chi connectivity index (χ0) is 18.2. The van der Waals surface area contributed by atoms with Gasteiger partial charge in [0, 0.05) is 18.0 Å². The lowest BCUT2D eigenvalue weighted by atomic mass is 10.2. The monoisotopic (exact) mass is 339 g/mol. The number of aromatic hydroxyl groups is 1. The molecule has 0 aromatic heterocycles. The topological polar surface area (TPSA) is 104 Å². The number of carbonyl (C=O) groups is 1. The highest BCUT2D eigenvalue weighted by atomic mass is 16.5. The number of amides is 1. The number of nitriles is 1. The standard InChI is InChI=1S/C18H17N3O4/c1-24-15-7-8-17(25-2)16(9-15)20-11-12(10-19)18(23)21-13-3-5-14(22)6-4-13/h3-9,11,20,22H,1-2H3,(H,21,23)/b12-11-. The Balaban J connectivity index is 2.16. The van der Waals surface area contributed by atoms with Crippen LogP contribution in [-0.2, 0) is 4.79 Å². The number of hydrogen-bond acceptors (Lipinski definition) is 6. The minimum Gasteiger partial charge on any atom is -0.508 e. The fraction of sp³-hybridized carbons (Fsp3) is 0.111. The molecule has 0 saturated heterocycles. The van der Waals surface area contributed by atoms with Crippen LogP contribution < -0.4 is 20.1 Å². The molecule has 2 aromatic carbocycles. The fourth-order valence-electron chi connectivity index (χ4n) is 1.97. The maximum atomic E-state index is 12.2. The van der Waals surface area contributed by atoms with Crippen LogP contribution in [-0.4, -0.2) is 25.2 Å². The molecule has 0 atom stereocenters. The summed E-state index contributed by atoms with van der Waals surface area (Å²) < 4.78 is 10.4. The second kappa shape index (κ2) is 8.26. The Morgan fingerprint density at radius 3 is 2.48 bits per heavy atom. The summed E-state index contributed by atoms with van der Waals surface area (Å²) in [5, 5.41) is 23.9. The summed E-state index contributed by atoms with van der Waals surface area (Å²) in [7, 11) is 3.05. The zero-order valence-electron chi connectivity index (χ0n) is 13.7. The van der Waals surface area contributed by atoms with Crippen LogP contribution in [0.4, 0.5) is 11.4 Å². The molecule has 2 aromatic rings. The minimum absolute atomic E-state index is 0.0841. The van der Waals surface area contributed by atoms with Crippen molar-refractivity contribution in [3.05, 3.63) is 54.2 Å². The van der Waals surface area contributed by atoms with Crippen LogP contribution in [0.3, 0.4) is 0 Å². The highest BCUT2D eigenvalue weighted by Crippen LogP contribution is 2.29. The number of phenols is 1. The smallest absolute Gasteiger partial charge is 0.267 e. The molecule has 0 aliphatic rings. The van der Waals surface area contributed by atoms with E-state index >= 15 is 0 Å². The normalized spacial score (nSPS) is 10.5. The first-order valence-electron chi connectivity index (χ1n) is 7.26. The quantitative estimate of drug-likeness (QED) is 0.425. The van der Waals surface area contributed by atoms with E-state index in [0.29, 0.717) is 22.9 Å². The van der Waals surface area contributed by atoms with Crippen LogP contribution in [0.5, 0.6) is 17.2 Å². The van der Waals surface area contributed by atoms with Crippen molar-refractivity contribution in [1.82, 2.24) is 0 Å². The molecule has 0 saturated carbocycles. The number of nitrogens with zero attached hydrogens (tertiary/aromatic N) is 1. The van der Waals surface area contributed by atoms with Gasteiger partial charge in [0.15, 0.2) is 0 Å². The van der Waals surface area contributed by atoms with Crippen LogP contribution >= 0.6 is 0 Å². The van der Waals surface area contributed by atoms with Crippen molar-refractivity contribution < 1.29 is 19.4 Å². The van der Waals surface area contributed by atoms with Gasteiger partial charge in [-0.1, -0.05) is 0 Å². The van der Waals surface area contributed by atoms with Crippen molar-refractivity contribution in [2.24, 2.45) is 0 Å². The molecule has 0 aliphatic heterocycles. The van der Waals surface area contributed by atoms with E-state index < -0.39 is 5.91 Å². The van der Waals surface area contributed by atoms with E-state index in [4.69, 9.17) is 9.47 Å². The Labute approximate surface area is 145 Å². The molecule has 7 heteroatoms. The first-order valence-corrected chi connectivity index (χ1v) is 7.26. The molecule has 0 heterocycles. The predicted octanol–water partition coefficient (Wildman–Crippen LogP) is 2.87. The molecule has 0 aliphatic carbocycles. The molecule has 3 N–H and O–H groups in total. The number of methoxy groups -OCH3 is 2. The first-order chi connectivity index (χ1) is 12.1. The molecule has 2 rings (SSSR count). The van der Waals surface area contributed by atoms with Gasteiger partial charge in [0.2, 0.25) is 0 Å². The maximum absolute atomic E-state index is 12.2. The van der Waals surface area contributed by atoms with Crippen LogP contribution in [0.1, 0.15) is 0 Å². The molecule has 1 amide bonds. The van der Waals surface area contributed by atoms with Gasteiger partial charge in [-0.05, 0) is 36.4 Å². The lowest BCUT2D eigenvalue weighted by Gasteiger charge is -2.10. The number of anilines is 2. The Kier molecular flexibility index (Phi) is 5.85. The third-order valence-electron chi connectivity index (χ3n) is 3.27. The maximum Gasteiger partial charge on any atom is 0.267 e. The van der Waals surface area contributed by atoms with Crippen molar-refractivity contribution in [3.8, 4) is 23.3 Å². The van der Waals surface area contributed by atoms with Crippen molar-refractivity contribution in [2.45, 2.75) is 0 Å². The molecule has 0 spiro atoms. The number of rotatable bonds is 6. The number of nitrogens with one attached hydrogen (secondary N) is 2. The Morgan fingerprint density at radius 2 is 1.88 bits per heavy atom. The Bertz CT molecular complexity index is 823.